The van der Waals surface area contributed by atoms with Crippen molar-refractivity contribution >= 4 is 12.2 Å². The predicted octanol–water partition coefficient (Wildman–Crippen LogP) is 5.67. The molecular formula is C24H27NO2. The predicted molar refractivity (Wildman–Crippen MR) is 108 cm³/mol. The Balaban J connectivity index is 1.44. The van der Waals surface area contributed by atoms with E-state index in [1.807, 2.05) is 41.3 Å². The smallest absolute Gasteiger partial charge is 0.410 e. The second kappa shape index (κ2) is 7.99. The first-order chi connectivity index (χ1) is 13.3. The number of nitrogens with zero attached hydrogens (tertiary/aromatic N) is 1. The average molecular weight is 361 g/mol. The minimum atomic E-state index is -0.156. The highest BCUT2D eigenvalue weighted by Crippen LogP contribution is 2.49. The van der Waals surface area contributed by atoms with E-state index >= 15 is 0 Å². The number of hydrogen-bond acceptors (Lipinski definition) is 2. The van der Waals surface area contributed by atoms with Crippen molar-refractivity contribution in [2.45, 2.75) is 44.2 Å². The third kappa shape index (κ3) is 3.78. The minimum absolute atomic E-state index is 0.0565. The van der Waals surface area contributed by atoms with E-state index < -0.39 is 0 Å². The summed E-state index contributed by atoms with van der Waals surface area (Å²) in [5, 5.41) is 0. The number of fused-ring (bicyclic) bond motifs is 1. The molecule has 2 aromatic rings. The van der Waals surface area contributed by atoms with Crippen molar-refractivity contribution in [2.24, 2.45) is 5.92 Å². The van der Waals surface area contributed by atoms with Crippen molar-refractivity contribution in [3.63, 3.8) is 0 Å². The van der Waals surface area contributed by atoms with E-state index in [2.05, 4.69) is 36.4 Å². The molecule has 1 saturated heterocycles. The molecule has 2 aromatic carbocycles. The van der Waals surface area contributed by atoms with Crippen LogP contribution in [0.1, 0.15) is 43.2 Å². The first-order valence-corrected chi connectivity index (χ1v) is 9.98. The molecule has 1 aliphatic carbocycles. The summed E-state index contributed by atoms with van der Waals surface area (Å²) < 4.78 is 5.67. The average Bonchev–Trinajstić information content (AvgIpc) is 3.26. The Morgan fingerprint density at radius 3 is 2.59 bits per heavy atom. The van der Waals surface area contributed by atoms with Crippen LogP contribution in [0.3, 0.4) is 0 Å². The fourth-order valence-corrected chi connectivity index (χ4v) is 4.82. The number of benzene rings is 2. The molecule has 1 amide bonds. The zero-order valence-corrected chi connectivity index (χ0v) is 15.7. The number of ether oxygens (including phenoxy) is 1. The normalized spacial score (nSPS) is 24.3. The lowest BCUT2D eigenvalue weighted by atomic mass is 9.84. The second-order valence-electron chi connectivity index (χ2n) is 7.69. The molecule has 0 bridgehead atoms. The second-order valence-corrected chi connectivity index (χ2v) is 7.69. The van der Waals surface area contributed by atoms with Gasteiger partial charge in [-0.2, -0.15) is 0 Å². The van der Waals surface area contributed by atoms with Gasteiger partial charge in [0.2, 0.25) is 0 Å². The maximum Gasteiger partial charge on any atom is 0.410 e. The number of carbonyl (C=O) groups excluding carboxylic acids is 1. The van der Waals surface area contributed by atoms with Gasteiger partial charge in [-0.05, 0) is 42.7 Å². The molecule has 0 radical (unpaired) electrons. The monoisotopic (exact) mass is 361 g/mol. The Kier molecular flexibility index (Phi) is 5.28. The van der Waals surface area contributed by atoms with E-state index in [1.54, 1.807) is 0 Å². The summed E-state index contributed by atoms with van der Waals surface area (Å²) in [5.41, 5.74) is 2.18. The molecule has 1 aliphatic heterocycles. The van der Waals surface area contributed by atoms with E-state index in [0.717, 1.165) is 31.4 Å². The molecule has 4 rings (SSSR count). The van der Waals surface area contributed by atoms with E-state index in [4.69, 9.17) is 4.74 Å². The topological polar surface area (TPSA) is 29.5 Å². The maximum atomic E-state index is 12.9. The fraction of sp³-hybridized carbons (Fsp3) is 0.375. The summed E-state index contributed by atoms with van der Waals surface area (Å²) in [6, 6.07) is 20.3. The molecule has 0 aromatic heterocycles. The van der Waals surface area contributed by atoms with Crippen molar-refractivity contribution in [1.82, 2.24) is 4.90 Å². The van der Waals surface area contributed by atoms with Gasteiger partial charge >= 0.3 is 6.09 Å². The summed E-state index contributed by atoms with van der Waals surface area (Å²) in [5.74, 6) is 0.599. The van der Waals surface area contributed by atoms with Gasteiger partial charge < -0.3 is 9.64 Å². The molecule has 0 N–H and O–H groups in total. The van der Waals surface area contributed by atoms with Crippen LogP contribution in [0.15, 0.2) is 66.7 Å². The summed E-state index contributed by atoms with van der Waals surface area (Å²) in [4.78, 5) is 14.9. The van der Waals surface area contributed by atoms with Crippen LogP contribution in [0.2, 0.25) is 0 Å². The van der Waals surface area contributed by atoms with Crippen LogP contribution in [0.5, 0.6) is 0 Å². The Labute approximate surface area is 161 Å². The van der Waals surface area contributed by atoms with Gasteiger partial charge in [-0.15, -0.1) is 0 Å². The van der Waals surface area contributed by atoms with Gasteiger partial charge in [-0.3, -0.25) is 0 Å². The Bertz CT molecular complexity index is 787. The summed E-state index contributed by atoms with van der Waals surface area (Å²) in [6.07, 6.45) is 9.78. The van der Waals surface area contributed by atoms with Gasteiger partial charge in [0.05, 0.1) is 5.54 Å². The van der Waals surface area contributed by atoms with Gasteiger partial charge in [0.15, 0.2) is 0 Å². The van der Waals surface area contributed by atoms with E-state index in [0.29, 0.717) is 12.5 Å². The van der Waals surface area contributed by atoms with Gasteiger partial charge in [0.1, 0.15) is 6.61 Å². The quantitative estimate of drug-likeness (QED) is 0.686. The summed E-state index contributed by atoms with van der Waals surface area (Å²) in [6.45, 7) is 1.16. The van der Waals surface area contributed by atoms with Gasteiger partial charge in [0.25, 0.3) is 0 Å². The van der Waals surface area contributed by atoms with E-state index in [9.17, 15) is 4.79 Å². The Hall–Kier alpha value is -2.55. The SMILES string of the molecule is O=C(OCc1ccccc1)N1CC[C@@H]2CCC[C@@]21C/C=C/c1ccccc1. The van der Waals surface area contributed by atoms with E-state index in [1.165, 1.54) is 18.4 Å². The highest BCUT2D eigenvalue weighted by atomic mass is 16.6. The van der Waals surface area contributed by atoms with Crippen molar-refractivity contribution in [3.05, 3.63) is 77.9 Å². The zero-order chi connectivity index (χ0) is 18.5. The standard InChI is InChI=1S/C24H27NO2/c26-23(27-19-21-11-5-2-6-12-21)25-18-15-22-14-8-17-24(22,25)16-7-13-20-9-3-1-4-10-20/h1-7,9-13,22H,8,14-19H2/b13-7+/t22-,24-/m0/s1. The zero-order valence-electron chi connectivity index (χ0n) is 15.7. The van der Waals surface area contributed by atoms with E-state index in [-0.39, 0.29) is 11.6 Å². The molecule has 0 spiro atoms. The summed E-state index contributed by atoms with van der Waals surface area (Å²) in [7, 11) is 0. The molecule has 3 nitrogen and oxygen atoms in total. The number of amides is 1. The Morgan fingerprint density at radius 2 is 1.81 bits per heavy atom. The van der Waals surface area contributed by atoms with Crippen LogP contribution in [0, 0.1) is 5.92 Å². The number of hydrogen-bond donors (Lipinski definition) is 0. The van der Waals surface area contributed by atoms with Crippen molar-refractivity contribution in [3.8, 4) is 0 Å². The van der Waals surface area contributed by atoms with Crippen molar-refractivity contribution in [2.75, 3.05) is 6.54 Å². The third-order valence-corrected chi connectivity index (χ3v) is 6.17. The minimum Gasteiger partial charge on any atom is -0.445 e. The van der Waals surface area contributed by atoms with Crippen molar-refractivity contribution < 1.29 is 9.53 Å². The highest BCUT2D eigenvalue weighted by molar-refractivity contribution is 5.69. The lowest BCUT2D eigenvalue weighted by molar-refractivity contribution is 0.0596. The molecule has 2 aliphatic rings. The molecule has 2 atom stereocenters. The lowest BCUT2D eigenvalue weighted by Gasteiger charge is -2.37. The van der Waals surface area contributed by atoms with Crippen LogP contribution in [0.25, 0.3) is 6.08 Å². The van der Waals surface area contributed by atoms with Crippen LogP contribution < -0.4 is 0 Å². The van der Waals surface area contributed by atoms with Crippen LogP contribution in [0.4, 0.5) is 4.79 Å². The third-order valence-electron chi connectivity index (χ3n) is 6.17. The van der Waals surface area contributed by atoms with Crippen LogP contribution in [-0.2, 0) is 11.3 Å². The lowest BCUT2D eigenvalue weighted by Crippen LogP contribution is -2.48. The van der Waals surface area contributed by atoms with Gasteiger partial charge in [-0.25, -0.2) is 4.79 Å². The molecule has 27 heavy (non-hydrogen) atoms. The fourth-order valence-electron chi connectivity index (χ4n) is 4.82. The molecule has 140 valence electrons. The first kappa shape index (κ1) is 17.8. The molecule has 3 heteroatoms. The molecule has 1 heterocycles. The number of likely N-dealkylation sites (tertiary alicyclic amines) is 1. The van der Waals surface area contributed by atoms with Gasteiger partial charge in [-0.1, -0.05) is 79.2 Å². The largest absolute Gasteiger partial charge is 0.445 e. The highest BCUT2D eigenvalue weighted by Gasteiger charge is 2.52. The molecule has 2 fully saturated rings. The maximum absolute atomic E-state index is 12.9. The Morgan fingerprint density at radius 1 is 1.07 bits per heavy atom. The number of rotatable bonds is 5. The molecule has 0 unspecified atom stereocenters. The first-order valence-electron chi connectivity index (χ1n) is 9.98. The van der Waals surface area contributed by atoms with Gasteiger partial charge in [0, 0.05) is 6.54 Å². The number of carbonyl (C=O) groups is 1. The van der Waals surface area contributed by atoms with Crippen molar-refractivity contribution in [1.29, 1.82) is 0 Å². The van der Waals surface area contributed by atoms with Crippen LogP contribution in [-0.4, -0.2) is 23.1 Å². The molecular weight excluding hydrogens is 334 g/mol. The van der Waals surface area contributed by atoms with Crippen LogP contribution >= 0.6 is 0 Å². The summed E-state index contributed by atoms with van der Waals surface area (Å²) >= 11 is 0. The molecule has 1 saturated carbocycles.